The van der Waals surface area contributed by atoms with Gasteiger partial charge in [-0.3, -0.25) is 4.55 Å². The van der Waals surface area contributed by atoms with Gasteiger partial charge in [0.05, 0.1) is 17.2 Å². The predicted molar refractivity (Wildman–Crippen MR) is 75.5 cm³/mol. The molecule has 1 unspecified atom stereocenters. The Morgan fingerprint density at radius 1 is 1.33 bits per heavy atom. The average Bonchev–Trinajstić information content (AvgIpc) is 2.36. The molecule has 9 heteroatoms. The van der Waals surface area contributed by atoms with E-state index < -0.39 is 38.6 Å². The van der Waals surface area contributed by atoms with E-state index in [1.165, 1.54) is 0 Å². The molecule has 0 aliphatic rings. The monoisotopic (exact) mass is 436 g/mol. The Morgan fingerprint density at radius 3 is 2.33 bits per heavy atom. The molecule has 2 N–H and O–H groups in total. The Balaban J connectivity index is 0.00000400. The van der Waals surface area contributed by atoms with Gasteiger partial charge in [0.2, 0.25) is 0 Å². The number of aromatic carboxylic acids is 1. The van der Waals surface area contributed by atoms with Crippen molar-refractivity contribution in [3.63, 3.8) is 0 Å². The molecule has 0 spiro atoms. The molecule has 0 bridgehead atoms. The van der Waals surface area contributed by atoms with Crippen LogP contribution < -0.4 is 0 Å². The third kappa shape index (κ3) is 6.02. The molecule has 0 heterocycles. The quantitative estimate of drug-likeness (QED) is 0.521. The zero-order valence-corrected chi connectivity index (χ0v) is 11.7. The van der Waals surface area contributed by atoms with Crippen LogP contribution in [0.2, 0.25) is 0 Å². The first-order chi connectivity index (χ1) is 9.16. The summed E-state index contributed by atoms with van der Waals surface area (Å²) in [6.07, 6.45) is 0.0936. The van der Waals surface area contributed by atoms with E-state index in [0.717, 1.165) is 12.1 Å². The van der Waals surface area contributed by atoms with Crippen LogP contribution in [0.1, 0.15) is 41.0 Å². The molecule has 0 saturated carbocycles. The van der Waals surface area contributed by atoms with Crippen molar-refractivity contribution in [2.45, 2.75) is 31.3 Å². The molecule has 1 aromatic rings. The molecule has 7 nitrogen and oxygen atoms in total. The average molecular weight is 436 g/mol. The maximum atomic E-state index is 11.8. The van der Waals surface area contributed by atoms with Gasteiger partial charge in [0.15, 0.2) is 0 Å². The summed E-state index contributed by atoms with van der Waals surface area (Å²) in [4.78, 5) is 21.8. The topological polar surface area (TPSA) is 118 Å². The van der Waals surface area contributed by atoms with E-state index >= 15 is 0 Å². The number of esters is 1. The molecule has 0 fully saturated rings. The van der Waals surface area contributed by atoms with Gasteiger partial charge in [-0.05, 0) is 31.5 Å². The van der Waals surface area contributed by atoms with Crippen LogP contribution in [0, 0.1) is 0 Å². The molecule has 0 radical (unpaired) electrons. The zero-order valence-electron chi connectivity index (χ0n) is 10.9. The third-order valence-corrected chi connectivity index (χ3v) is 3.50. The van der Waals surface area contributed by atoms with Crippen LogP contribution >= 0.6 is 0 Å². The number of hydrogen-bond acceptors (Lipinski definition) is 5. The standard InChI is InChI=1S/C12H14O7S.Cs.H/c1-3-7(2)19-12(15)9-5-4-8(11(13)14)6-10(9)20(16,17)18;;/h4-7H,3H2,1-2H3,(H,13,14)(H,16,17,18);;. The van der Waals surface area contributed by atoms with Crippen molar-refractivity contribution in [1.82, 2.24) is 0 Å². The zero-order chi connectivity index (χ0) is 15.5. The van der Waals surface area contributed by atoms with E-state index in [4.69, 9.17) is 14.4 Å². The summed E-state index contributed by atoms with van der Waals surface area (Å²) in [5, 5.41) is 8.80. The first-order valence-electron chi connectivity index (χ1n) is 5.72. The Morgan fingerprint density at radius 2 is 1.90 bits per heavy atom. The molecule has 1 aromatic carbocycles. The van der Waals surface area contributed by atoms with Crippen LogP contribution in [0.25, 0.3) is 0 Å². The fourth-order valence-corrected chi connectivity index (χ4v) is 2.07. The van der Waals surface area contributed by atoms with Gasteiger partial charge in [0.1, 0.15) is 4.90 Å². The van der Waals surface area contributed by atoms with Gasteiger partial charge in [-0.25, -0.2) is 9.59 Å². The summed E-state index contributed by atoms with van der Waals surface area (Å²) >= 11 is 0. The molecule has 1 rings (SSSR count). The van der Waals surface area contributed by atoms with Crippen molar-refractivity contribution in [2.24, 2.45) is 0 Å². The fourth-order valence-electron chi connectivity index (χ4n) is 1.37. The normalized spacial score (nSPS) is 12.1. The minimum absolute atomic E-state index is 0. The van der Waals surface area contributed by atoms with Crippen LogP contribution in [0.3, 0.4) is 0 Å². The molecular formula is C12H15CsO7S. The molecule has 21 heavy (non-hydrogen) atoms. The van der Waals surface area contributed by atoms with Crippen molar-refractivity contribution in [3.8, 4) is 0 Å². The Labute approximate surface area is 181 Å². The van der Waals surface area contributed by atoms with Crippen molar-refractivity contribution in [2.75, 3.05) is 0 Å². The summed E-state index contributed by atoms with van der Waals surface area (Å²) in [5.74, 6) is -2.32. The van der Waals surface area contributed by atoms with Crippen LogP contribution in [0.4, 0.5) is 0 Å². The SMILES string of the molecule is CCC(C)OC(=O)c1ccc(C(=O)O)cc1S(=O)(=O)O.[CsH]. The van der Waals surface area contributed by atoms with Crippen LogP contribution in [-0.4, -0.2) is 105 Å². The second-order valence-corrected chi connectivity index (χ2v) is 5.51. The summed E-state index contributed by atoms with van der Waals surface area (Å²) in [5.41, 5.74) is -0.768. The van der Waals surface area contributed by atoms with Crippen LogP contribution in [0.5, 0.6) is 0 Å². The van der Waals surface area contributed by atoms with E-state index in [1.54, 1.807) is 13.8 Å². The van der Waals surface area contributed by atoms with Crippen molar-refractivity contribution in [3.05, 3.63) is 29.3 Å². The van der Waals surface area contributed by atoms with Crippen molar-refractivity contribution >= 4 is 91.0 Å². The van der Waals surface area contributed by atoms with Gasteiger partial charge in [0.25, 0.3) is 10.1 Å². The molecule has 0 amide bonds. The number of carbonyl (C=O) groups excluding carboxylic acids is 1. The second-order valence-electron chi connectivity index (χ2n) is 4.12. The number of hydrogen-bond donors (Lipinski definition) is 2. The molecule has 1 atom stereocenters. The fraction of sp³-hybridized carbons (Fsp3) is 0.333. The van der Waals surface area contributed by atoms with Crippen LogP contribution in [-0.2, 0) is 14.9 Å². The van der Waals surface area contributed by atoms with Crippen LogP contribution in [0.15, 0.2) is 23.1 Å². The van der Waals surface area contributed by atoms with Gasteiger partial charge in [0, 0.05) is 0 Å². The van der Waals surface area contributed by atoms with E-state index in [0.29, 0.717) is 12.5 Å². The summed E-state index contributed by atoms with van der Waals surface area (Å²) in [6, 6.07) is 2.77. The molecule has 0 saturated heterocycles. The third-order valence-electron chi connectivity index (χ3n) is 2.61. The van der Waals surface area contributed by atoms with Gasteiger partial charge in [-0.2, -0.15) is 8.42 Å². The number of rotatable bonds is 5. The number of carboxylic acid groups (broad SMARTS) is 1. The first kappa shape index (κ1) is 21.1. The van der Waals surface area contributed by atoms with E-state index in [-0.39, 0.29) is 74.5 Å². The number of ether oxygens (including phenoxy) is 1. The van der Waals surface area contributed by atoms with Gasteiger partial charge in [-0.1, -0.05) is 6.92 Å². The summed E-state index contributed by atoms with van der Waals surface area (Å²) in [7, 11) is -4.74. The van der Waals surface area contributed by atoms with Gasteiger partial charge < -0.3 is 9.84 Å². The number of benzene rings is 1. The molecule has 0 aromatic heterocycles. The maximum absolute atomic E-state index is 11.8. The van der Waals surface area contributed by atoms with Crippen molar-refractivity contribution in [1.29, 1.82) is 0 Å². The number of carbonyl (C=O) groups is 2. The molecule has 0 aliphatic carbocycles. The number of carboxylic acids is 1. The summed E-state index contributed by atoms with van der Waals surface area (Å²) < 4.78 is 36.5. The molecule has 0 aliphatic heterocycles. The Hall–Kier alpha value is 0.122. The van der Waals surface area contributed by atoms with E-state index in [1.807, 2.05) is 0 Å². The van der Waals surface area contributed by atoms with Crippen molar-refractivity contribution < 1.29 is 32.4 Å². The predicted octanol–water partition coefficient (Wildman–Crippen LogP) is 0.938. The van der Waals surface area contributed by atoms with E-state index in [9.17, 15) is 18.0 Å². The first-order valence-corrected chi connectivity index (χ1v) is 7.16. The minimum atomic E-state index is -4.74. The molecule has 112 valence electrons. The Bertz CT molecular complexity index is 639. The second kappa shape index (κ2) is 8.68. The molecular weight excluding hydrogens is 421 g/mol. The van der Waals surface area contributed by atoms with Gasteiger partial charge in [-0.15, -0.1) is 0 Å². The van der Waals surface area contributed by atoms with Gasteiger partial charge >= 0.3 is 80.8 Å². The summed E-state index contributed by atoms with van der Waals surface area (Å²) in [6.45, 7) is 3.39. The van der Waals surface area contributed by atoms with E-state index in [2.05, 4.69) is 0 Å². The Kier molecular flexibility index (Phi) is 8.73.